The highest BCUT2D eigenvalue weighted by Crippen LogP contribution is 2.63. The first-order valence-corrected chi connectivity index (χ1v) is 7.10. The second kappa shape index (κ2) is 3.90. The molecule has 0 saturated carbocycles. The van der Waals surface area contributed by atoms with E-state index in [0.29, 0.717) is 0 Å². The fourth-order valence-corrected chi connectivity index (χ4v) is 2.83. The van der Waals surface area contributed by atoms with Gasteiger partial charge in [0, 0.05) is 5.56 Å². The van der Waals surface area contributed by atoms with E-state index < -0.39 is 24.2 Å². The Bertz CT molecular complexity index is 410. The summed E-state index contributed by atoms with van der Waals surface area (Å²) in [5, 5.41) is 6.49. The molecule has 0 aliphatic rings. The number of alkyl halides is 3. The molecule has 0 aliphatic heterocycles. The molecule has 1 N–H and O–H groups in total. The standard InChI is InChI=1S/C10H12F3O2P/c1-16(2,15)9(14,10(11,12)13)8-6-4-3-5-7-8/h3-7,14H,1-2H3. The van der Waals surface area contributed by atoms with Crippen LogP contribution in [0.2, 0.25) is 0 Å². The van der Waals surface area contributed by atoms with Crippen molar-refractivity contribution in [3.63, 3.8) is 0 Å². The van der Waals surface area contributed by atoms with Gasteiger partial charge in [-0.15, -0.1) is 0 Å². The summed E-state index contributed by atoms with van der Waals surface area (Å²) in [6.07, 6.45) is -4.96. The summed E-state index contributed by atoms with van der Waals surface area (Å²) in [6, 6.07) is 6.49. The monoisotopic (exact) mass is 252 g/mol. The molecule has 1 rings (SSSR count). The van der Waals surface area contributed by atoms with E-state index in [0.717, 1.165) is 25.5 Å². The van der Waals surface area contributed by atoms with Gasteiger partial charge in [0.1, 0.15) is 7.14 Å². The average Bonchev–Trinajstić information content (AvgIpc) is 2.14. The van der Waals surface area contributed by atoms with Crippen LogP contribution in [-0.2, 0) is 9.91 Å². The van der Waals surface area contributed by atoms with Crippen LogP contribution in [0.25, 0.3) is 0 Å². The Balaban J connectivity index is 3.46. The molecule has 0 aliphatic carbocycles. The predicted octanol–water partition coefficient (Wildman–Crippen LogP) is 3.02. The van der Waals surface area contributed by atoms with Crippen molar-refractivity contribution < 1.29 is 22.8 Å². The Morgan fingerprint density at radius 1 is 1.12 bits per heavy atom. The molecule has 0 radical (unpaired) electrons. The van der Waals surface area contributed by atoms with Gasteiger partial charge in [0.15, 0.2) is 0 Å². The molecular formula is C10H12F3O2P. The van der Waals surface area contributed by atoms with Gasteiger partial charge in [-0.1, -0.05) is 30.3 Å². The van der Waals surface area contributed by atoms with Crippen LogP contribution in [0.1, 0.15) is 5.56 Å². The zero-order valence-electron chi connectivity index (χ0n) is 8.82. The number of benzene rings is 1. The Hall–Kier alpha value is -0.800. The van der Waals surface area contributed by atoms with Crippen LogP contribution in [0.3, 0.4) is 0 Å². The molecule has 1 unspecified atom stereocenters. The molecule has 0 heterocycles. The molecule has 0 spiro atoms. The highest BCUT2D eigenvalue weighted by atomic mass is 31.2. The zero-order valence-corrected chi connectivity index (χ0v) is 9.72. The third-order valence-electron chi connectivity index (χ3n) is 2.35. The highest BCUT2D eigenvalue weighted by Gasteiger charge is 2.62. The molecule has 6 heteroatoms. The van der Waals surface area contributed by atoms with Gasteiger partial charge in [0.2, 0.25) is 5.34 Å². The van der Waals surface area contributed by atoms with E-state index in [2.05, 4.69) is 0 Å². The normalized spacial score (nSPS) is 16.9. The van der Waals surface area contributed by atoms with E-state index >= 15 is 0 Å². The van der Waals surface area contributed by atoms with Crippen LogP contribution in [-0.4, -0.2) is 24.6 Å². The van der Waals surface area contributed by atoms with Crippen LogP contribution >= 0.6 is 7.14 Å². The molecule has 1 aromatic carbocycles. The molecule has 0 bridgehead atoms. The quantitative estimate of drug-likeness (QED) is 0.821. The lowest BCUT2D eigenvalue weighted by Crippen LogP contribution is -2.41. The van der Waals surface area contributed by atoms with Gasteiger partial charge < -0.3 is 9.67 Å². The molecule has 16 heavy (non-hydrogen) atoms. The number of rotatable bonds is 2. The second-order valence-corrected chi connectivity index (χ2v) is 7.24. The fraction of sp³-hybridized carbons (Fsp3) is 0.400. The highest BCUT2D eigenvalue weighted by molar-refractivity contribution is 7.63. The lowest BCUT2D eigenvalue weighted by atomic mass is 10.1. The first kappa shape index (κ1) is 13.3. The summed E-state index contributed by atoms with van der Waals surface area (Å²) in [6.45, 7) is 1.85. The van der Waals surface area contributed by atoms with Crippen LogP contribution in [0.4, 0.5) is 13.2 Å². The summed E-state index contributed by atoms with van der Waals surface area (Å²) in [7, 11) is -3.80. The SMILES string of the molecule is CP(C)(=O)C(O)(c1ccccc1)C(F)(F)F. The summed E-state index contributed by atoms with van der Waals surface area (Å²) in [5.41, 5.74) is -0.393. The van der Waals surface area contributed by atoms with Crippen LogP contribution in [0.5, 0.6) is 0 Å². The average molecular weight is 252 g/mol. The molecule has 2 nitrogen and oxygen atoms in total. The number of halogens is 3. The molecule has 1 aromatic rings. The minimum atomic E-state index is -4.96. The summed E-state index contributed by atoms with van der Waals surface area (Å²) >= 11 is 0. The van der Waals surface area contributed by atoms with Crippen molar-refractivity contribution in [1.29, 1.82) is 0 Å². The Labute approximate surface area is 91.5 Å². The van der Waals surface area contributed by atoms with E-state index in [9.17, 15) is 22.8 Å². The lowest BCUT2D eigenvalue weighted by Gasteiger charge is -2.34. The van der Waals surface area contributed by atoms with E-state index in [1.165, 1.54) is 18.2 Å². The molecule has 0 fully saturated rings. The molecule has 1 atom stereocenters. The molecule has 0 amide bonds. The Morgan fingerprint density at radius 2 is 1.56 bits per heavy atom. The van der Waals surface area contributed by atoms with Gasteiger partial charge in [-0.2, -0.15) is 13.2 Å². The summed E-state index contributed by atoms with van der Waals surface area (Å²) in [5.74, 6) is 0. The van der Waals surface area contributed by atoms with E-state index in [-0.39, 0.29) is 0 Å². The van der Waals surface area contributed by atoms with Gasteiger partial charge in [0.25, 0.3) is 0 Å². The maximum atomic E-state index is 12.9. The van der Waals surface area contributed by atoms with Gasteiger partial charge in [0.05, 0.1) is 0 Å². The van der Waals surface area contributed by atoms with Gasteiger partial charge in [-0.05, 0) is 13.3 Å². The number of aliphatic hydroxyl groups is 1. The molecule has 0 aromatic heterocycles. The third kappa shape index (κ3) is 2.02. The molecule has 0 saturated heterocycles. The van der Waals surface area contributed by atoms with Crippen molar-refractivity contribution in [2.45, 2.75) is 11.5 Å². The maximum absolute atomic E-state index is 12.9. The molecule has 90 valence electrons. The predicted molar refractivity (Wildman–Crippen MR) is 55.8 cm³/mol. The Kier molecular flexibility index (Phi) is 3.23. The Morgan fingerprint density at radius 3 is 1.88 bits per heavy atom. The summed E-state index contributed by atoms with van der Waals surface area (Å²) in [4.78, 5) is 0. The first-order chi connectivity index (χ1) is 7.11. The van der Waals surface area contributed by atoms with Gasteiger partial charge in [-0.25, -0.2) is 0 Å². The van der Waals surface area contributed by atoms with Crippen molar-refractivity contribution in [3.8, 4) is 0 Å². The summed E-state index contributed by atoms with van der Waals surface area (Å²) < 4.78 is 50.3. The largest absolute Gasteiger partial charge is 0.428 e. The third-order valence-corrected chi connectivity index (χ3v) is 4.42. The van der Waals surface area contributed by atoms with Crippen molar-refractivity contribution in [2.75, 3.05) is 13.3 Å². The van der Waals surface area contributed by atoms with Gasteiger partial charge >= 0.3 is 6.18 Å². The van der Waals surface area contributed by atoms with E-state index in [1.807, 2.05) is 0 Å². The number of hydrogen-bond donors (Lipinski definition) is 1. The van der Waals surface area contributed by atoms with Crippen molar-refractivity contribution >= 4 is 7.14 Å². The van der Waals surface area contributed by atoms with Crippen LogP contribution in [0.15, 0.2) is 30.3 Å². The second-order valence-electron chi connectivity index (χ2n) is 3.89. The van der Waals surface area contributed by atoms with Crippen molar-refractivity contribution in [3.05, 3.63) is 35.9 Å². The fourth-order valence-electron chi connectivity index (χ4n) is 1.45. The van der Waals surface area contributed by atoms with E-state index in [1.54, 1.807) is 0 Å². The first-order valence-electron chi connectivity index (χ1n) is 4.50. The smallest absolute Gasteiger partial charge is 0.370 e. The minimum absolute atomic E-state index is 0.393. The minimum Gasteiger partial charge on any atom is -0.370 e. The van der Waals surface area contributed by atoms with Crippen LogP contribution in [0, 0.1) is 0 Å². The topological polar surface area (TPSA) is 37.3 Å². The van der Waals surface area contributed by atoms with Crippen LogP contribution < -0.4 is 0 Å². The number of hydrogen-bond acceptors (Lipinski definition) is 2. The zero-order chi connectivity index (χ0) is 12.6. The van der Waals surface area contributed by atoms with Crippen molar-refractivity contribution in [2.24, 2.45) is 0 Å². The maximum Gasteiger partial charge on any atom is 0.428 e. The molecular weight excluding hydrogens is 240 g/mol. The van der Waals surface area contributed by atoms with Crippen molar-refractivity contribution in [1.82, 2.24) is 0 Å². The lowest BCUT2D eigenvalue weighted by molar-refractivity contribution is -0.229. The van der Waals surface area contributed by atoms with E-state index in [4.69, 9.17) is 0 Å². The van der Waals surface area contributed by atoms with Gasteiger partial charge in [-0.3, -0.25) is 0 Å².